The van der Waals surface area contributed by atoms with Gasteiger partial charge in [-0.05, 0) is 31.9 Å². The summed E-state index contributed by atoms with van der Waals surface area (Å²) >= 11 is 0. The highest BCUT2D eigenvalue weighted by atomic mass is 16.2. The highest BCUT2D eigenvalue weighted by Gasteiger charge is 2.11. The highest BCUT2D eigenvalue weighted by molar-refractivity contribution is 5.76. The summed E-state index contributed by atoms with van der Waals surface area (Å²) in [4.78, 5) is 14.0. The van der Waals surface area contributed by atoms with Crippen LogP contribution in [0.2, 0.25) is 0 Å². The Labute approximate surface area is 110 Å². The van der Waals surface area contributed by atoms with E-state index >= 15 is 0 Å². The van der Waals surface area contributed by atoms with E-state index < -0.39 is 0 Å². The quantitative estimate of drug-likeness (QED) is 0.719. The molecule has 0 saturated heterocycles. The molecule has 1 rings (SSSR count). The molecule has 0 aliphatic heterocycles. The first kappa shape index (κ1) is 14.7. The fourth-order valence-corrected chi connectivity index (χ4v) is 1.94. The average molecular weight is 248 g/mol. The number of hydrogen-bond donors (Lipinski definition) is 1. The van der Waals surface area contributed by atoms with Crippen LogP contribution in [0.1, 0.15) is 38.2 Å². The van der Waals surface area contributed by atoms with E-state index in [-0.39, 0.29) is 5.91 Å². The molecule has 0 atom stereocenters. The van der Waals surface area contributed by atoms with Crippen molar-refractivity contribution in [1.82, 2.24) is 4.90 Å². The van der Waals surface area contributed by atoms with E-state index in [9.17, 15) is 4.79 Å². The smallest absolute Gasteiger partial charge is 0.222 e. The molecule has 3 nitrogen and oxygen atoms in total. The predicted molar refractivity (Wildman–Crippen MR) is 75.1 cm³/mol. The summed E-state index contributed by atoms with van der Waals surface area (Å²) in [6.07, 6.45) is 3.64. The molecule has 0 heterocycles. The first-order valence-corrected chi connectivity index (χ1v) is 6.79. The van der Waals surface area contributed by atoms with Crippen molar-refractivity contribution in [2.75, 3.05) is 13.1 Å². The molecule has 1 aromatic rings. The van der Waals surface area contributed by atoms with Gasteiger partial charge in [0.05, 0.1) is 0 Å². The molecule has 0 spiro atoms. The van der Waals surface area contributed by atoms with Gasteiger partial charge in [-0.2, -0.15) is 0 Å². The summed E-state index contributed by atoms with van der Waals surface area (Å²) in [6, 6.07) is 10.1. The van der Waals surface area contributed by atoms with Crippen LogP contribution >= 0.6 is 0 Å². The molecule has 3 heteroatoms. The molecule has 18 heavy (non-hydrogen) atoms. The zero-order valence-electron chi connectivity index (χ0n) is 11.3. The SMILES string of the molecule is CCN(Cc1ccccc1)C(=O)CCCCCN. The van der Waals surface area contributed by atoms with E-state index in [4.69, 9.17) is 5.73 Å². The summed E-state index contributed by atoms with van der Waals surface area (Å²) in [7, 11) is 0. The standard InChI is InChI=1S/C15H24N2O/c1-2-17(13-14-9-5-3-6-10-14)15(18)11-7-4-8-12-16/h3,5-6,9-10H,2,4,7-8,11-13,16H2,1H3. The predicted octanol–water partition coefficient (Wildman–Crippen LogP) is 2.55. The van der Waals surface area contributed by atoms with Crippen molar-refractivity contribution in [2.45, 2.75) is 39.2 Å². The highest BCUT2D eigenvalue weighted by Crippen LogP contribution is 2.08. The van der Waals surface area contributed by atoms with Gasteiger partial charge in [-0.1, -0.05) is 36.8 Å². The zero-order valence-corrected chi connectivity index (χ0v) is 11.3. The van der Waals surface area contributed by atoms with Gasteiger partial charge in [-0.15, -0.1) is 0 Å². The lowest BCUT2D eigenvalue weighted by Gasteiger charge is -2.21. The average Bonchev–Trinajstić information content (AvgIpc) is 2.42. The molecule has 1 aromatic carbocycles. The Kier molecular flexibility index (Phi) is 7.11. The minimum absolute atomic E-state index is 0.248. The lowest BCUT2D eigenvalue weighted by molar-refractivity contribution is -0.131. The maximum Gasteiger partial charge on any atom is 0.222 e. The molecular weight excluding hydrogens is 224 g/mol. The number of hydrogen-bond acceptors (Lipinski definition) is 2. The van der Waals surface area contributed by atoms with E-state index in [1.165, 1.54) is 5.56 Å². The van der Waals surface area contributed by atoms with Crippen molar-refractivity contribution in [3.63, 3.8) is 0 Å². The molecular formula is C15H24N2O. The van der Waals surface area contributed by atoms with Crippen LogP contribution < -0.4 is 5.73 Å². The van der Waals surface area contributed by atoms with Crippen LogP contribution in [0.15, 0.2) is 30.3 Å². The molecule has 0 radical (unpaired) electrons. The molecule has 0 aliphatic carbocycles. The Hall–Kier alpha value is -1.35. The molecule has 0 aromatic heterocycles. The lowest BCUT2D eigenvalue weighted by atomic mass is 10.1. The van der Waals surface area contributed by atoms with E-state index in [1.54, 1.807) is 0 Å². The van der Waals surface area contributed by atoms with Gasteiger partial charge in [0.1, 0.15) is 0 Å². The second-order valence-electron chi connectivity index (χ2n) is 4.49. The van der Waals surface area contributed by atoms with Gasteiger partial charge < -0.3 is 10.6 Å². The minimum atomic E-state index is 0.248. The Morgan fingerprint density at radius 3 is 2.50 bits per heavy atom. The van der Waals surface area contributed by atoms with Crippen LogP contribution in [-0.2, 0) is 11.3 Å². The maximum absolute atomic E-state index is 12.0. The number of amides is 1. The maximum atomic E-state index is 12.0. The fourth-order valence-electron chi connectivity index (χ4n) is 1.94. The summed E-state index contributed by atoms with van der Waals surface area (Å²) in [5, 5.41) is 0. The third-order valence-electron chi connectivity index (χ3n) is 3.05. The number of nitrogens with zero attached hydrogens (tertiary/aromatic N) is 1. The van der Waals surface area contributed by atoms with E-state index in [2.05, 4.69) is 12.1 Å². The van der Waals surface area contributed by atoms with E-state index in [0.717, 1.165) is 32.4 Å². The second-order valence-corrected chi connectivity index (χ2v) is 4.49. The Balaban J connectivity index is 2.38. The van der Waals surface area contributed by atoms with Gasteiger partial charge in [0.2, 0.25) is 5.91 Å². The molecule has 0 saturated carbocycles. The first-order valence-electron chi connectivity index (χ1n) is 6.79. The van der Waals surface area contributed by atoms with Gasteiger partial charge >= 0.3 is 0 Å². The molecule has 0 unspecified atom stereocenters. The number of carbonyl (C=O) groups excluding carboxylic acids is 1. The summed E-state index contributed by atoms with van der Waals surface area (Å²) in [5.41, 5.74) is 6.63. The summed E-state index contributed by atoms with van der Waals surface area (Å²) in [5.74, 6) is 0.248. The third-order valence-corrected chi connectivity index (χ3v) is 3.05. The van der Waals surface area contributed by atoms with Crippen LogP contribution in [-0.4, -0.2) is 23.9 Å². The number of unbranched alkanes of at least 4 members (excludes halogenated alkanes) is 2. The topological polar surface area (TPSA) is 46.3 Å². The van der Waals surface area contributed by atoms with E-state index in [0.29, 0.717) is 13.0 Å². The normalized spacial score (nSPS) is 10.3. The molecule has 100 valence electrons. The summed E-state index contributed by atoms with van der Waals surface area (Å²) < 4.78 is 0. The van der Waals surface area contributed by atoms with Gasteiger partial charge in [0.15, 0.2) is 0 Å². The number of rotatable bonds is 8. The van der Waals surface area contributed by atoms with Crippen LogP contribution in [0, 0.1) is 0 Å². The fraction of sp³-hybridized carbons (Fsp3) is 0.533. The minimum Gasteiger partial charge on any atom is -0.339 e. The van der Waals surface area contributed by atoms with E-state index in [1.807, 2.05) is 30.0 Å². The van der Waals surface area contributed by atoms with Crippen LogP contribution in [0.25, 0.3) is 0 Å². The molecule has 1 amide bonds. The zero-order chi connectivity index (χ0) is 13.2. The van der Waals surface area contributed by atoms with Crippen molar-refractivity contribution in [3.8, 4) is 0 Å². The second kappa shape index (κ2) is 8.70. The largest absolute Gasteiger partial charge is 0.339 e. The third kappa shape index (κ3) is 5.32. The Morgan fingerprint density at radius 2 is 1.89 bits per heavy atom. The van der Waals surface area contributed by atoms with Crippen LogP contribution in [0.4, 0.5) is 0 Å². The number of nitrogens with two attached hydrogens (primary N) is 1. The lowest BCUT2D eigenvalue weighted by Crippen LogP contribution is -2.30. The van der Waals surface area contributed by atoms with Gasteiger partial charge in [0.25, 0.3) is 0 Å². The van der Waals surface area contributed by atoms with Crippen molar-refractivity contribution >= 4 is 5.91 Å². The molecule has 0 bridgehead atoms. The van der Waals surface area contributed by atoms with Crippen molar-refractivity contribution in [1.29, 1.82) is 0 Å². The Bertz CT molecular complexity index is 338. The van der Waals surface area contributed by atoms with Crippen molar-refractivity contribution in [3.05, 3.63) is 35.9 Å². The van der Waals surface area contributed by atoms with Crippen molar-refractivity contribution in [2.24, 2.45) is 5.73 Å². The monoisotopic (exact) mass is 248 g/mol. The van der Waals surface area contributed by atoms with Crippen molar-refractivity contribution < 1.29 is 4.79 Å². The molecule has 0 fully saturated rings. The number of benzene rings is 1. The van der Waals surface area contributed by atoms with Gasteiger partial charge in [-0.3, -0.25) is 4.79 Å². The Morgan fingerprint density at radius 1 is 1.17 bits per heavy atom. The first-order chi connectivity index (χ1) is 8.77. The number of carbonyl (C=O) groups is 1. The van der Waals surface area contributed by atoms with Gasteiger partial charge in [0, 0.05) is 19.5 Å². The van der Waals surface area contributed by atoms with Crippen LogP contribution in [0.5, 0.6) is 0 Å². The molecule has 0 aliphatic rings. The molecule has 2 N–H and O–H groups in total. The van der Waals surface area contributed by atoms with Crippen LogP contribution in [0.3, 0.4) is 0 Å². The summed E-state index contributed by atoms with van der Waals surface area (Å²) in [6.45, 7) is 4.23. The van der Waals surface area contributed by atoms with Gasteiger partial charge in [-0.25, -0.2) is 0 Å².